The van der Waals surface area contributed by atoms with Crippen LogP contribution < -0.4 is 9.47 Å². The number of furan rings is 1. The number of benzene rings is 1. The maximum absolute atomic E-state index is 10.4. The molecule has 20 heavy (non-hydrogen) atoms. The molecule has 1 heterocycles. The van der Waals surface area contributed by atoms with E-state index in [0.29, 0.717) is 35.8 Å². The Morgan fingerprint density at radius 3 is 2.40 bits per heavy atom. The minimum absolute atomic E-state index is 0.531. The molecule has 1 aromatic heterocycles. The number of aliphatic hydroxyl groups is 1. The molecule has 1 N–H and O–H groups in total. The summed E-state index contributed by atoms with van der Waals surface area (Å²) in [4.78, 5) is 0. The van der Waals surface area contributed by atoms with Crippen LogP contribution in [0.4, 0.5) is 0 Å². The van der Waals surface area contributed by atoms with Gasteiger partial charge in [0.1, 0.15) is 6.10 Å². The van der Waals surface area contributed by atoms with Crippen LogP contribution in [0.3, 0.4) is 0 Å². The Morgan fingerprint density at radius 2 is 1.85 bits per heavy atom. The number of aliphatic hydroxyl groups excluding tert-OH is 1. The van der Waals surface area contributed by atoms with Crippen molar-refractivity contribution in [3.63, 3.8) is 0 Å². The van der Waals surface area contributed by atoms with Crippen molar-refractivity contribution in [1.82, 2.24) is 0 Å². The zero-order valence-corrected chi connectivity index (χ0v) is 13.0. The van der Waals surface area contributed by atoms with Crippen LogP contribution in [0.15, 0.2) is 39.6 Å². The number of halogens is 1. The monoisotopic (exact) mass is 340 g/mol. The second-order valence-corrected chi connectivity index (χ2v) is 5.00. The van der Waals surface area contributed by atoms with Gasteiger partial charge in [0.15, 0.2) is 11.5 Å². The van der Waals surface area contributed by atoms with E-state index in [0.717, 1.165) is 4.47 Å². The van der Waals surface area contributed by atoms with Gasteiger partial charge in [-0.2, -0.15) is 0 Å². The molecule has 0 aliphatic carbocycles. The zero-order valence-electron chi connectivity index (χ0n) is 11.4. The fourth-order valence-electron chi connectivity index (χ4n) is 1.91. The van der Waals surface area contributed by atoms with Crippen LogP contribution in [0.2, 0.25) is 0 Å². The van der Waals surface area contributed by atoms with Crippen LogP contribution in [0, 0.1) is 0 Å². The second-order valence-electron chi connectivity index (χ2n) is 4.15. The van der Waals surface area contributed by atoms with E-state index in [1.807, 2.05) is 19.9 Å². The molecule has 1 aromatic carbocycles. The minimum Gasteiger partial charge on any atom is -0.490 e. The van der Waals surface area contributed by atoms with Gasteiger partial charge in [0.25, 0.3) is 0 Å². The van der Waals surface area contributed by atoms with Crippen molar-refractivity contribution in [1.29, 1.82) is 0 Å². The molecule has 108 valence electrons. The van der Waals surface area contributed by atoms with E-state index in [1.165, 1.54) is 12.5 Å². The molecular formula is C15H17BrO4. The second kappa shape index (κ2) is 6.81. The van der Waals surface area contributed by atoms with E-state index in [1.54, 1.807) is 12.1 Å². The summed E-state index contributed by atoms with van der Waals surface area (Å²) in [6.07, 6.45) is 2.27. The predicted molar refractivity (Wildman–Crippen MR) is 79.2 cm³/mol. The highest BCUT2D eigenvalue weighted by Gasteiger charge is 2.18. The third-order valence-corrected chi connectivity index (χ3v) is 3.50. The van der Waals surface area contributed by atoms with Crippen LogP contribution >= 0.6 is 15.9 Å². The topological polar surface area (TPSA) is 51.8 Å². The van der Waals surface area contributed by atoms with Gasteiger partial charge in [0, 0.05) is 15.6 Å². The van der Waals surface area contributed by atoms with Crippen molar-refractivity contribution in [2.45, 2.75) is 20.0 Å². The Kier molecular flexibility index (Phi) is 5.09. The molecule has 0 fully saturated rings. The summed E-state index contributed by atoms with van der Waals surface area (Å²) in [5, 5.41) is 10.4. The standard InChI is InChI=1S/C15H17BrO4/c1-3-19-13-7-11(12(16)8-14(13)20-4-2)15(17)10-5-6-18-9-10/h5-9,15,17H,3-4H2,1-2H3. The summed E-state index contributed by atoms with van der Waals surface area (Å²) in [7, 11) is 0. The Bertz CT molecular complexity index is 551. The van der Waals surface area contributed by atoms with Gasteiger partial charge in [-0.1, -0.05) is 15.9 Å². The van der Waals surface area contributed by atoms with Crippen LogP contribution in [-0.4, -0.2) is 18.3 Å². The average molecular weight is 341 g/mol. The third-order valence-electron chi connectivity index (χ3n) is 2.82. The lowest BCUT2D eigenvalue weighted by atomic mass is 10.0. The lowest BCUT2D eigenvalue weighted by molar-refractivity contribution is 0.217. The molecule has 2 aromatic rings. The first kappa shape index (κ1) is 14.9. The number of rotatable bonds is 6. The fourth-order valence-corrected chi connectivity index (χ4v) is 2.45. The summed E-state index contributed by atoms with van der Waals surface area (Å²) in [6.45, 7) is 4.90. The first-order valence-electron chi connectivity index (χ1n) is 6.46. The molecule has 0 radical (unpaired) electrons. The van der Waals surface area contributed by atoms with E-state index < -0.39 is 6.10 Å². The van der Waals surface area contributed by atoms with Gasteiger partial charge >= 0.3 is 0 Å². The molecule has 1 unspecified atom stereocenters. The summed E-state index contributed by atoms with van der Waals surface area (Å²) in [5.41, 5.74) is 1.40. The molecule has 0 amide bonds. The molecule has 5 heteroatoms. The average Bonchev–Trinajstić information content (AvgIpc) is 2.95. The first-order valence-corrected chi connectivity index (χ1v) is 7.25. The van der Waals surface area contributed by atoms with Crippen LogP contribution in [0.25, 0.3) is 0 Å². The highest BCUT2D eigenvalue weighted by Crippen LogP contribution is 2.38. The lowest BCUT2D eigenvalue weighted by Crippen LogP contribution is -2.03. The van der Waals surface area contributed by atoms with Gasteiger partial charge in [-0.3, -0.25) is 0 Å². The molecule has 0 saturated heterocycles. The summed E-state index contributed by atoms with van der Waals surface area (Å²) in [6, 6.07) is 5.33. The highest BCUT2D eigenvalue weighted by atomic mass is 79.9. The number of hydrogen-bond donors (Lipinski definition) is 1. The van der Waals surface area contributed by atoms with Crippen molar-refractivity contribution in [3.05, 3.63) is 46.3 Å². The Hall–Kier alpha value is -1.46. The maximum Gasteiger partial charge on any atom is 0.162 e. The first-order chi connectivity index (χ1) is 9.67. The molecule has 0 bridgehead atoms. The predicted octanol–water partition coefficient (Wildman–Crippen LogP) is 3.92. The van der Waals surface area contributed by atoms with E-state index in [9.17, 15) is 5.11 Å². The largest absolute Gasteiger partial charge is 0.490 e. The van der Waals surface area contributed by atoms with Crippen molar-refractivity contribution in [3.8, 4) is 11.5 Å². The summed E-state index contributed by atoms with van der Waals surface area (Å²) >= 11 is 3.46. The molecule has 0 spiro atoms. The van der Waals surface area contributed by atoms with E-state index in [4.69, 9.17) is 13.9 Å². The molecule has 0 aliphatic heterocycles. The van der Waals surface area contributed by atoms with E-state index in [-0.39, 0.29) is 0 Å². The quantitative estimate of drug-likeness (QED) is 0.865. The molecular weight excluding hydrogens is 324 g/mol. The maximum atomic E-state index is 10.4. The molecule has 0 saturated carbocycles. The van der Waals surface area contributed by atoms with Crippen molar-refractivity contribution in [2.75, 3.05) is 13.2 Å². The van der Waals surface area contributed by atoms with Gasteiger partial charge in [-0.25, -0.2) is 0 Å². The Balaban J connectivity index is 2.40. The van der Waals surface area contributed by atoms with Gasteiger partial charge in [-0.05, 0) is 32.0 Å². The normalized spacial score (nSPS) is 12.2. The SMILES string of the molecule is CCOc1cc(Br)c(C(O)c2ccoc2)cc1OCC. The Morgan fingerprint density at radius 1 is 1.20 bits per heavy atom. The van der Waals surface area contributed by atoms with Crippen LogP contribution in [0.1, 0.15) is 31.1 Å². The lowest BCUT2D eigenvalue weighted by Gasteiger charge is -2.16. The molecule has 2 rings (SSSR count). The van der Waals surface area contributed by atoms with E-state index in [2.05, 4.69) is 15.9 Å². The molecule has 0 aliphatic rings. The van der Waals surface area contributed by atoms with Crippen LogP contribution in [0.5, 0.6) is 11.5 Å². The third kappa shape index (κ3) is 3.16. The Labute approximate surface area is 126 Å². The zero-order chi connectivity index (χ0) is 14.5. The van der Waals surface area contributed by atoms with Gasteiger partial charge in [-0.15, -0.1) is 0 Å². The van der Waals surface area contributed by atoms with Gasteiger partial charge in [0.2, 0.25) is 0 Å². The summed E-state index contributed by atoms with van der Waals surface area (Å²) < 4.78 is 16.9. The van der Waals surface area contributed by atoms with Gasteiger partial charge in [0.05, 0.1) is 25.7 Å². The minimum atomic E-state index is -0.780. The molecule has 1 atom stereocenters. The van der Waals surface area contributed by atoms with E-state index >= 15 is 0 Å². The van der Waals surface area contributed by atoms with Crippen molar-refractivity contribution >= 4 is 15.9 Å². The van der Waals surface area contributed by atoms with Gasteiger partial charge < -0.3 is 19.0 Å². The van der Waals surface area contributed by atoms with Crippen molar-refractivity contribution in [2.24, 2.45) is 0 Å². The van der Waals surface area contributed by atoms with Crippen molar-refractivity contribution < 1.29 is 19.0 Å². The number of ether oxygens (including phenoxy) is 2. The van der Waals surface area contributed by atoms with Crippen LogP contribution in [-0.2, 0) is 0 Å². The number of hydrogen-bond acceptors (Lipinski definition) is 4. The fraction of sp³-hybridized carbons (Fsp3) is 0.333. The summed E-state index contributed by atoms with van der Waals surface area (Å²) in [5.74, 6) is 1.28. The molecule has 4 nitrogen and oxygen atoms in total. The highest BCUT2D eigenvalue weighted by molar-refractivity contribution is 9.10. The smallest absolute Gasteiger partial charge is 0.162 e.